The van der Waals surface area contributed by atoms with Gasteiger partial charge in [-0.05, 0) is 31.4 Å². The maximum Gasteiger partial charge on any atom is 0.0599 e. The van der Waals surface area contributed by atoms with Crippen molar-refractivity contribution in [1.82, 2.24) is 4.90 Å². The highest BCUT2D eigenvalue weighted by Gasteiger charge is 2.26. The van der Waals surface area contributed by atoms with Crippen LogP contribution < -0.4 is 5.73 Å². The van der Waals surface area contributed by atoms with Crippen molar-refractivity contribution < 1.29 is 4.74 Å². The average molecular weight is 327 g/mol. The van der Waals surface area contributed by atoms with E-state index in [0.29, 0.717) is 18.7 Å². The van der Waals surface area contributed by atoms with Crippen LogP contribution in [-0.4, -0.2) is 37.2 Å². The SMILES string of the molecule is CCOC1CCN(C(CN)c2ccccc2Br)CC1. The minimum absolute atomic E-state index is 0.304. The molecule has 3 nitrogen and oxygen atoms in total. The van der Waals surface area contributed by atoms with Crippen LogP contribution in [0.25, 0.3) is 0 Å². The molecule has 0 spiro atoms. The van der Waals surface area contributed by atoms with Gasteiger partial charge in [0, 0.05) is 36.8 Å². The fourth-order valence-electron chi connectivity index (χ4n) is 2.81. The topological polar surface area (TPSA) is 38.5 Å². The molecule has 1 aromatic carbocycles. The smallest absolute Gasteiger partial charge is 0.0599 e. The first-order valence-electron chi connectivity index (χ1n) is 7.06. The van der Waals surface area contributed by atoms with Crippen LogP contribution in [0.2, 0.25) is 0 Å². The number of hydrogen-bond acceptors (Lipinski definition) is 3. The maximum atomic E-state index is 6.00. The zero-order valence-electron chi connectivity index (χ0n) is 11.5. The van der Waals surface area contributed by atoms with Gasteiger partial charge in [-0.2, -0.15) is 0 Å². The zero-order valence-corrected chi connectivity index (χ0v) is 13.1. The van der Waals surface area contributed by atoms with E-state index >= 15 is 0 Å². The van der Waals surface area contributed by atoms with Crippen molar-refractivity contribution in [3.05, 3.63) is 34.3 Å². The molecule has 1 unspecified atom stereocenters. The summed E-state index contributed by atoms with van der Waals surface area (Å²) in [5.41, 5.74) is 7.30. The summed E-state index contributed by atoms with van der Waals surface area (Å²) in [4.78, 5) is 2.48. The van der Waals surface area contributed by atoms with Crippen molar-refractivity contribution in [2.24, 2.45) is 5.73 Å². The molecular weight excluding hydrogens is 304 g/mol. The highest BCUT2D eigenvalue weighted by atomic mass is 79.9. The molecule has 0 amide bonds. The van der Waals surface area contributed by atoms with E-state index < -0.39 is 0 Å². The van der Waals surface area contributed by atoms with Crippen LogP contribution in [0.3, 0.4) is 0 Å². The molecule has 106 valence electrons. The van der Waals surface area contributed by atoms with Crippen LogP contribution in [0.5, 0.6) is 0 Å². The summed E-state index contributed by atoms with van der Waals surface area (Å²) in [5.74, 6) is 0. The van der Waals surface area contributed by atoms with E-state index in [1.54, 1.807) is 0 Å². The van der Waals surface area contributed by atoms with Crippen molar-refractivity contribution in [3.8, 4) is 0 Å². The molecule has 2 rings (SSSR count). The molecule has 1 aliphatic rings. The Kier molecular flexibility index (Phi) is 5.82. The van der Waals surface area contributed by atoms with Crippen molar-refractivity contribution in [2.75, 3.05) is 26.2 Å². The second-order valence-electron chi connectivity index (χ2n) is 4.96. The van der Waals surface area contributed by atoms with Gasteiger partial charge in [0.1, 0.15) is 0 Å². The first-order valence-corrected chi connectivity index (χ1v) is 7.85. The summed E-state index contributed by atoms with van der Waals surface area (Å²) in [7, 11) is 0. The van der Waals surface area contributed by atoms with E-state index in [2.05, 4.69) is 46.0 Å². The molecule has 1 atom stereocenters. The van der Waals surface area contributed by atoms with Crippen LogP contribution in [0, 0.1) is 0 Å². The summed E-state index contributed by atoms with van der Waals surface area (Å²) >= 11 is 3.63. The lowest BCUT2D eigenvalue weighted by Gasteiger charge is -2.37. The number of ether oxygens (including phenoxy) is 1. The van der Waals surface area contributed by atoms with E-state index in [1.165, 1.54) is 5.56 Å². The van der Waals surface area contributed by atoms with Crippen LogP contribution >= 0.6 is 15.9 Å². The maximum absolute atomic E-state index is 6.00. The summed E-state index contributed by atoms with van der Waals surface area (Å²) in [6.45, 7) is 5.66. The Labute approximate surface area is 124 Å². The number of likely N-dealkylation sites (tertiary alicyclic amines) is 1. The Morgan fingerprint density at radius 3 is 2.63 bits per heavy atom. The Hall–Kier alpha value is -0.420. The van der Waals surface area contributed by atoms with Gasteiger partial charge in [0.25, 0.3) is 0 Å². The molecule has 0 aliphatic carbocycles. The standard InChI is InChI=1S/C15H23BrN2O/c1-2-19-12-7-9-18(10-8-12)15(11-17)13-5-3-4-6-14(13)16/h3-6,12,15H,2,7-11,17H2,1H3. The van der Waals surface area contributed by atoms with E-state index in [0.717, 1.165) is 37.0 Å². The Balaban J connectivity index is 2.02. The van der Waals surface area contributed by atoms with E-state index in [9.17, 15) is 0 Å². The number of benzene rings is 1. The van der Waals surface area contributed by atoms with Crippen LogP contribution in [-0.2, 0) is 4.74 Å². The molecule has 1 heterocycles. The molecule has 1 fully saturated rings. The number of hydrogen-bond donors (Lipinski definition) is 1. The third kappa shape index (κ3) is 3.78. The fraction of sp³-hybridized carbons (Fsp3) is 0.600. The van der Waals surface area contributed by atoms with Gasteiger partial charge in [0.2, 0.25) is 0 Å². The lowest BCUT2D eigenvalue weighted by atomic mass is 10.0. The molecule has 2 N–H and O–H groups in total. The highest BCUT2D eigenvalue weighted by molar-refractivity contribution is 9.10. The van der Waals surface area contributed by atoms with Gasteiger partial charge in [0.05, 0.1) is 6.10 Å². The van der Waals surface area contributed by atoms with Gasteiger partial charge in [-0.15, -0.1) is 0 Å². The van der Waals surface area contributed by atoms with Crippen LogP contribution in [0.15, 0.2) is 28.7 Å². The van der Waals surface area contributed by atoms with Gasteiger partial charge in [-0.1, -0.05) is 34.1 Å². The summed E-state index contributed by atoms with van der Waals surface area (Å²) in [6, 6.07) is 8.68. The lowest BCUT2D eigenvalue weighted by molar-refractivity contribution is 0.00445. The number of halogens is 1. The first kappa shape index (κ1) is 15.0. The van der Waals surface area contributed by atoms with Gasteiger partial charge < -0.3 is 10.5 Å². The van der Waals surface area contributed by atoms with Gasteiger partial charge >= 0.3 is 0 Å². The minimum atomic E-state index is 0.304. The third-order valence-corrected chi connectivity index (χ3v) is 4.53. The summed E-state index contributed by atoms with van der Waals surface area (Å²) < 4.78 is 6.86. The van der Waals surface area contributed by atoms with Crippen LogP contribution in [0.4, 0.5) is 0 Å². The van der Waals surface area contributed by atoms with Gasteiger partial charge in [-0.3, -0.25) is 4.90 Å². The normalized spacial score (nSPS) is 19.5. The molecule has 0 saturated carbocycles. The summed E-state index contributed by atoms with van der Waals surface area (Å²) in [5, 5.41) is 0. The second kappa shape index (κ2) is 7.39. The predicted octanol–water partition coefficient (Wildman–Crippen LogP) is 2.95. The predicted molar refractivity (Wildman–Crippen MR) is 82.2 cm³/mol. The molecular formula is C15H23BrN2O. The summed E-state index contributed by atoms with van der Waals surface area (Å²) in [6.07, 6.45) is 2.64. The van der Waals surface area contributed by atoms with Gasteiger partial charge in [-0.25, -0.2) is 0 Å². The second-order valence-corrected chi connectivity index (χ2v) is 5.82. The lowest BCUT2D eigenvalue weighted by Crippen LogP contribution is -2.42. The highest BCUT2D eigenvalue weighted by Crippen LogP contribution is 2.29. The van der Waals surface area contributed by atoms with E-state index in [1.807, 2.05) is 6.07 Å². The van der Waals surface area contributed by atoms with E-state index in [-0.39, 0.29) is 0 Å². The zero-order chi connectivity index (χ0) is 13.7. The molecule has 19 heavy (non-hydrogen) atoms. The Bertz CT molecular complexity index is 391. The van der Waals surface area contributed by atoms with Crippen molar-refractivity contribution >= 4 is 15.9 Å². The quantitative estimate of drug-likeness (QED) is 0.904. The van der Waals surface area contributed by atoms with Crippen molar-refractivity contribution in [3.63, 3.8) is 0 Å². The molecule has 1 aromatic rings. The van der Waals surface area contributed by atoms with Crippen molar-refractivity contribution in [2.45, 2.75) is 31.9 Å². The monoisotopic (exact) mass is 326 g/mol. The third-order valence-electron chi connectivity index (χ3n) is 3.81. The number of nitrogens with zero attached hydrogens (tertiary/aromatic N) is 1. The number of piperidine rings is 1. The average Bonchev–Trinajstić information content (AvgIpc) is 2.44. The minimum Gasteiger partial charge on any atom is -0.378 e. The first-order chi connectivity index (χ1) is 9.26. The fourth-order valence-corrected chi connectivity index (χ4v) is 3.36. The number of rotatable bonds is 5. The molecule has 4 heteroatoms. The van der Waals surface area contributed by atoms with Crippen LogP contribution in [0.1, 0.15) is 31.4 Å². The largest absolute Gasteiger partial charge is 0.378 e. The van der Waals surface area contributed by atoms with Crippen molar-refractivity contribution in [1.29, 1.82) is 0 Å². The molecule has 0 aromatic heterocycles. The van der Waals surface area contributed by atoms with Gasteiger partial charge in [0.15, 0.2) is 0 Å². The Morgan fingerprint density at radius 1 is 1.37 bits per heavy atom. The molecule has 1 saturated heterocycles. The molecule has 0 radical (unpaired) electrons. The Morgan fingerprint density at radius 2 is 2.05 bits per heavy atom. The number of nitrogens with two attached hydrogens (primary N) is 1. The molecule has 0 bridgehead atoms. The molecule has 1 aliphatic heterocycles. The van der Waals surface area contributed by atoms with E-state index in [4.69, 9.17) is 10.5 Å².